The van der Waals surface area contributed by atoms with Crippen molar-refractivity contribution in [2.75, 3.05) is 0 Å². The van der Waals surface area contributed by atoms with Gasteiger partial charge in [-0.15, -0.1) is 0 Å². The maximum atomic E-state index is 9.95. The first-order valence-corrected chi connectivity index (χ1v) is 2.81. The quantitative estimate of drug-likeness (QED) is 0.374. The lowest BCUT2D eigenvalue weighted by molar-refractivity contribution is -0.682. The molecule has 0 N–H and O–H groups in total. The lowest BCUT2D eigenvalue weighted by atomic mass is 10.5. The van der Waals surface area contributed by atoms with Gasteiger partial charge in [0.2, 0.25) is 6.54 Å². The topological polar surface area (TPSA) is 20.9 Å². The fourth-order valence-electron chi connectivity index (χ4n) is 0.642. The van der Waals surface area contributed by atoms with Crippen LogP contribution in [-0.2, 0) is 11.3 Å². The van der Waals surface area contributed by atoms with E-state index in [1.165, 1.54) is 0 Å². The Morgan fingerprint density at radius 1 is 1.20 bits per heavy atom. The fraction of sp³-hybridized carbons (Fsp3) is 0.143. The molecular formula is C7H8BrNO. The zero-order chi connectivity index (χ0) is 6.53. The van der Waals surface area contributed by atoms with E-state index in [2.05, 4.69) is 0 Å². The van der Waals surface area contributed by atoms with Gasteiger partial charge in [0.05, 0.1) is 0 Å². The van der Waals surface area contributed by atoms with Crippen LogP contribution in [0.4, 0.5) is 0 Å². The van der Waals surface area contributed by atoms with Crippen LogP contribution in [0.3, 0.4) is 0 Å². The molecule has 0 unspecified atom stereocenters. The summed E-state index contributed by atoms with van der Waals surface area (Å²) in [5.41, 5.74) is 0. The number of aldehydes is 1. The van der Waals surface area contributed by atoms with Gasteiger partial charge in [-0.3, -0.25) is 4.79 Å². The van der Waals surface area contributed by atoms with Crippen LogP contribution in [0.15, 0.2) is 30.6 Å². The van der Waals surface area contributed by atoms with Crippen molar-refractivity contribution in [2.24, 2.45) is 0 Å². The van der Waals surface area contributed by atoms with E-state index in [1.807, 2.05) is 35.2 Å². The monoisotopic (exact) mass is 201 g/mol. The van der Waals surface area contributed by atoms with E-state index in [1.54, 1.807) is 0 Å². The summed E-state index contributed by atoms with van der Waals surface area (Å²) < 4.78 is 1.81. The molecule has 1 aromatic rings. The van der Waals surface area contributed by atoms with E-state index in [-0.39, 0.29) is 17.0 Å². The van der Waals surface area contributed by atoms with E-state index in [0.29, 0.717) is 6.54 Å². The molecule has 54 valence electrons. The minimum atomic E-state index is 0. The third-order valence-corrected chi connectivity index (χ3v) is 1.06. The zero-order valence-electron chi connectivity index (χ0n) is 5.40. The summed E-state index contributed by atoms with van der Waals surface area (Å²) in [5.74, 6) is 0. The molecule has 0 saturated carbocycles. The molecule has 0 fully saturated rings. The molecule has 0 atom stereocenters. The first kappa shape index (κ1) is 9.30. The second-order valence-corrected chi connectivity index (χ2v) is 1.74. The Hall–Kier alpha value is -0.700. The molecule has 0 aliphatic carbocycles. The van der Waals surface area contributed by atoms with E-state index >= 15 is 0 Å². The maximum absolute atomic E-state index is 9.95. The third kappa shape index (κ3) is 2.73. The number of hydrogen-bond acceptors (Lipinski definition) is 1. The van der Waals surface area contributed by atoms with Gasteiger partial charge in [0.1, 0.15) is 0 Å². The number of halogens is 1. The zero-order valence-corrected chi connectivity index (χ0v) is 6.99. The summed E-state index contributed by atoms with van der Waals surface area (Å²) in [4.78, 5) is 9.95. The number of carbonyl (C=O) groups is 1. The maximum Gasteiger partial charge on any atom is 0.203 e. The van der Waals surface area contributed by atoms with Crippen LogP contribution in [0.25, 0.3) is 0 Å². The van der Waals surface area contributed by atoms with Gasteiger partial charge in [0.25, 0.3) is 0 Å². The number of pyridine rings is 1. The molecule has 1 heterocycles. The van der Waals surface area contributed by atoms with Crippen molar-refractivity contribution in [3.05, 3.63) is 30.6 Å². The van der Waals surface area contributed by atoms with E-state index in [9.17, 15) is 4.79 Å². The average Bonchev–Trinajstić information content (AvgIpc) is 1.91. The number of rotatable bonds is 2. The van der Waals surface area contributed by atoms with E-state index in [4.69, 9.17) is 0 Å². The normalized spacial score (nSPS) is 8.00. The van der Waals surface area contributed by atoms with Crippen LogP contribution in [0, 0.1) is 0 Å². The van der Waals surface area contributed by atoms with Crippen molar-refractivity contribution < 1.29 is 26.3 Å². The standard InChI is InChI=1S/C7H8NO.BrH/c9-7-6-8-4-2-1-3-5-8;/h1-5,7H,6H2;1H/q+1;/p-1. The summed E-state index contributed by atoms with van der Waals surface area (Å²) in [6, 6.07) is 5.70. The second kappa shape index (κ2) is 5.11. The molecule has 0 radical (unpaired) electrons. The summed E-state index contributed by atoms with van der Waals surface area (Å²) in [5, 5.41) is 0. The Labute approximate surface area is 70.3 Å². The van der Waals surface area contributed by atoms with Gasteiger partial charge in [-0.05, 0) is 0 Å². The van der Waals surface area contributed by atoms with Crippen LogP contribution >= 0.6 is 0 Å². The average molecular weight is 202 g/mol. The summed E-state index contributed by atoms with van der Waals surface area (Å²) in [7, 11) is 0. The van der Waals surface area contributed by atoms with E-state index in [0.717, 1.165) is 6.29 Å². The van der Waals surface area contributed by atoms with Crippen molar-refractivity contribution in [2.45, 2.75) is 6.54 Å². The second-order valence-electron chi connectivity index (χ2n) is 1.74. The van der Waals surface area contributed by atoms with Crippen molar-refractivity contribution in [1.82, 2.24) is 0 Å². The molecule has 0 amide bonds. The first-order valence-electron chi connectivity index (χ1n) is 2.81. The highest BCUT2D eigenvalue weighted by Crippen LogP contribution is 1.74. The Morgan fingerprint density at radius 3 is 2.30 bits per heavy atom. The fourth-order valence-corrected chi connectivity index (χ4v) is 0.642. The van der Waals surface area contributed by atoms with Gasteiger partial charge in [0, 0.05) is 12.1 Å². The Balaban J connectivity index is 0.000000810. The Morgan fingerprint density at radius 2 is 1.80 bits per heavy atom. The predicted molar refractivity (Wildman–Crippen MR) is 32.7 cm³/mol. The molecular weight excluding hydrogens is 194 g/mol. The summed E-state index contributed by atoms with van der Waals surface area (Å²) >= 11 is 0. The highest BCUT2D eigenvalue weighted by Gasteiger charge is 1.91. The van der Waals surface area contributed by atoms with Crippen molar-refractivity contribution in [1.29, 1.82) is 0 Å². The molecule has 1 rings (SSSR count). The largest absolute Gasteiger partial charge is 1.00 e. The summed E-state index contributed by atoms with van der Waals surface area (Å²) in [6.07, 6.45) is 4.59. The van der Waals surface area contributed by atoms with Crippen LogP contribution in [0.1, 0.15) is 0 Å². The van der Waals surface area contributed by atoms with Crippen molar-refractivity contribution in [3.63, 3.8) is 0 Å². The SMILES string of the molecule is O=CC[n+]1ccccc1.[Br-]. The molecule has 0 bridgehead atoms. The Bertz CT molecular complexity index is 188. The molecule has 3 heteroatoms. The van der Waals surface area contributed by atoms with Gasteiger partial charge in [0.15, 0.2) is 18.7 Å². The van der Waals surface area contributed by atoms with Crippen molar-refractivity contribution >= 4 is 6.29 Å². The third-order valence-electron chi connectivity index (χ3n) is 1.06. The number of aromatic nitrogens is 1. The lowest BCUT2D eigenvalue weighted by Crippen LogP contribution is -3.00. The smallest absolute Gasteiger partial charge is 0.203 e. The van der Waals surface area contributed by atoms with Crippen molar-refractivity contribution in [3.8, 4) is 0 Å². The molecule has 1 aromatic heterocycles. The van der Waals surface area contributed by atoms with E-state index < -0.39 is 0 Å². The van der Waals surface area contributed by atoms with Crippen LogP contribution < -0.4 is 21.5 Å². The molecule has 2 nitrogen and oxygen atoms in total. The number of hydrogen-bond donors (Lipinski definition) is 0. The van der Waals surface area contributed by atoms with Crippen LogP contribution in [-0.4, -0.2) is 6.29 Å². The lowest BCUT2D eigenvalue weighted by Gasteiger charge is -1.84. The van der Waals surface area contributed by atoms with Gasteiger partial charge >= 0.3 is 0 Å². The minimum absolute atomic E-state index is 0. The summed E-state index contributed by atoms with van der Waals surface area (Å²) in [6.45, 7) is 0.445. The van der Waals surface area contributed by atoms with Gasteiger partial charge in [-0.2, -0.15) is 4.57 Å². The van der Waals surface area contributed by atoms with Gasteiger partial charge < -0.3 is 17.0 Å². The first-order chi connectivity index (χ1) is 4.43. The van der Waals surface area contributed by atoms with Crippen LogP contribution in [0.2, 0.25) is 0 Å². The van der Waals surface area contributed by atoms with Gasteiger partial charge in [-0.25, -0.2) is 0 Å². The highest BCUT2D eigenvalue weighted by molar-refractivity contribution is 5.46. The van der Waals surface area contributed by atoms with Gasteiger partial charge in [-0.1, -0.05) is 6.07 Å². The molecule has 0 saturated heterocycles. The number of carbonyl (C=O) groups excluding carboxylic acids is 1. The Kier molecular flexibility index (Phi) is 4.76. The number of nitrogens with zero attached hydrogens (tertiary/aromatic N) is 1. The minimum Gasteiger partial charge on any atom is -1.00 e. The van der Waals surface area contributed by atoms with Crippen LogP contribution in [0.5, 0.6) is 0 Å². The molecule has 0 aliphatic rings. The highest BCUT2D eigenvalue weighted by atomic mass is 79.9. The predicted octanol–water partition coefficient (Wildman–Crippen LogP) is -2.82. The molecule has 0 aliphatic heterocycles. The molecule has 10 heavy (non-hydrogen) atoms. The molecule has 0 aromatic carbocycles. The molecule has 0 spiro atoms.